The van der Waals surface area contributed by atoms with E-state index in [-0.39, 0.29) is 6.61 Å². The molecule has 1 rings (SSSR count). The molecular formula is C12H9F4NO3. The molecule has 0 aliphatic rings. The monoisotopic (exact) mass is 291 g/mol. The first-order valence-corrected chi connectivity index (χ1v) is 5.38. The Morgan fingerprint density at radius 3 is 2.45 bits per heavy atom. The summed E-state index contributed by atoms with van der Waals surface area (Å²) >= 11 is 0. The molecule has 0 amide bonds. The van der Waals surface area contributed by atoms with Crippen LogP contribution in [0.1, 0.15) is 34.8 Å². The van der Waals surface area contributed by atoms with Crippen LogP contribution in [-0.2, 0) is 4.74 Å². The number of ether oxygens (including phenoxy) is 2. The fourth-order valence-corrected chi connectivity index (χ4v) is 1.44. The molecule has 0 aliphatic heterocycles. The van der Waals surface area contributed by atoms with E-state index in [0.29, 0.717) is 12.1 Å². The van der Waals surface area contributed by atoms with Gasteiger partial charge in [0.2, 0.25) is 0 Å². The van der Waals surface area contributed by atoms with Gasteiger partial charge < -0.3 is 9.47 Å². The van der Waals surface area contributed by atoms with Crippen molar-refractivity contribution in [2.45, 2.75) is 20.0 Å². The Morgan fingerprint density at radius 2 is 2.00 bits per heavy atom. The van der Waals surface area contributed by atoms with Crippen molar-refractivity contribution in [2.75, 3.05) is 6.61 Å². The highest BCUT2D eigenvalue weighted by molar-refractivity contribution is 5.93. The van der Waals surface area contributed by atoms with E-state index in [1.807, 2.05) is 0 Å². The fourth-order valence-electron chi connectivity index (χ4n) is 1.44. The third-order valence-electron chi connectivity index (χ3n) is 2.22. The molecule has 0 N–H and O–H groups in total. The van der Waals surface area contributed by atoms with E-state index >= 15 is 0 Å². The lowest BCUT2D eigenvalue weighted by atomic mass is 10.0. The van der Waals surface area contributed by atoms with Crippen molar-refractivity contribution < 1.29 is 31.8 Å². The Kier molecular flexibility index (Phi) is 5.32. The van der Waals surface area contributed by atoms with Crippen LogP contribution < -0.4 is 4.74 Å². The molecule has 1 aromatic rings. The van der Waals surface area contributed by atoms with Crippen LogP contribution in [0.15, 0.2) is 12.1 Å². The highest BCUT2D eigenvalue weighted by Gasteiger charge is 2.23. The molecule has 4 nitrogen and oxygen atoms in total. The van der Waals surface area contributed by atoms with Crippen LogP contribution >= 0.6 is 0 Å². The average Bonchev–Trinajstić information content (AvgIpc) is 2.37. The molecule has 0 atom stereocenters. The van der Waals surface area contributed by atoms with E-state index in [1.165, 1.54) is 13.0 Å². The van der Waals surface area contributed by atoms with Gasteiger partial charge in [-0.15, -0.1) is 0 Å². The second-order valence-corrected chi connectivity index (χ2v) is 3.45. The normalized spacial score (nSPS) is 10.5. The zero-order chi connectivity index (χ0) is 15.3. The molecule has 0 spiro atoms. The van der Waals surface area contributed by atoms with Crippen LogP contribution in [0.25, 0.3) is 0 Å². The number of halogens is 4. The molecule has 0 unspecified atom stereocenters. The largest absolute Gasteiger partial charge is 0.462 e. The lowest BCUT2D eigenvalue weighted by molar-refractivity contribution is -0.0504. The Labute approximate surface area is 111 Å². The maximum absolute atomic E-state index is 12.7. The molecule has 0 saturated carbocycles. The van der Waals surface area contributed by atoms with Crippen LogP contribution in [-0.4, -0.2) is 19.2 Å². The number of carbonyl (C=O) groups is 1. The summed E-state index contributed by atoms with van der Waals surface area (Å²) < 4.78 is 58.6. The molecule has 0 radical (unpaired) electrons. The maximum Gasteiger partial charge on any atom is 0.387 e. The molecule has 0 heterocycles. The first kappa shape index (κ1) is 15.8. The Hall–Kier alpha value is -2.30. The predicted molar refractivity (Wildman–Crippen MR) is 58.7 cm³/mol. The smallest absolute Gasteiger partial charge is 0.387 e. The van der Waals surface area contributed by atoms with Gasteiger partial charge in [0.25, 0.3) is 6.43 Å². The second-order valence-electron chi connectivity index (χ2n) is 3.45. The number of nitrogens with zero attached hydrogens (tertiary/aromatic N) is 1. The van der Waals surface area contributed by atoms with Gasteiger partial charge in [0.05, 0.1) is 18.2 Å². The third-order valence-corrected chi connectivity index (χ3v) is 2.22. The molecule has 20 heavy (non-hydrogen) atoms. The lowest BCUT2D eigenvalue weighted by Crippen LogP contribution is -2.12. The molecule has 8 heteroatoms. The minimum Gasteiger partial charge on any atom is -0.462 e. The highest BCUT2D eigenvalue weighted by atomic mass is 19.3. The van der Waals surface area contributed by atoms with Crippen LogP contribution in [0.3, 0.4) is 0 Å². The zero-order valence-electron chi connectivity index (χ0n) is 10.2. The van der Waals surface area contributed by atoms with E-state index in [0.717, 1.165) is 0 Å². The van der Waals surface area contributed by atoms with Crippen LogP contribution in [0.4, 0.5) is 17.6 Å². The van der Waals surface area contributed by atoms with Crippen molar-refractivity contribution in [3.8, 4) is 11.8 Å². The summed E-state index contributed by atoms with van der Waals surface area (Å²) in [4.78, 5) is 11.5. The van der Waals surface area contributed by atoms with Crippen molar-refractivity contribution >= 4 is 5.97 Å². The first-order valence-electron chi connectivity index (χ1n) is 5.38. The van der Waals surface area contributed by atoms with Gasteiger partial charge in [-0.1, -0.05) is 0 Å². The second kappa shape index (κ2) is 6.75. The zero-order valence-corrected chi connectivity index (χ0v) is 10.2. The number of carbonyl (C=O) groups excluding carboxylic acids is 1. The lowest BCUT2D eigenvalue weighted by Gasteiger charge is -2.13. The molecule has 0 aromatic heterocycles. The van der Waals surface area contributed by atoms with E-state index in [2.05, 4.69) is 9.47 Å². The molecule has 0 fully saturated rings. The SMILES string of the molecule is CCOC(=O)c1cc(C(F)F)c(C#N)cc1OC(F)F. The number of rotatable bonds is 5. The van der Waals surface area contributed by atoms with Gasteiger partial charge in [0, 0.05) is 5.56 Å². The predicted octanol–water partition coefficient (Wildman–Crippen LogP) is 3.27. The van der Waals surface area contributed by atoms with E-state index < -0.39 is 41.4 Å². The van der Waals surface area contributed by atoms with Crippen LogP contribution in [0, 0.1) is 11.3 Å². The third kappa shape index (κ3) is 3.60. The van der Waals surface area contributed by atoms with Crippen molar-refractivity contribution in [1.82, 2.24) is 0 Å². The number of hydrogen-bond donors (Lipinski definition) is 0. The molecule has 1 aromatic carbocycles. The van der Waals surface area contributed by atoms with Crippen molar-refractivity contribution in [3.63, 3.8) is 0 Å². The first-order chi connectivity index (χ1) is 9.40. The Balaban J connectivity index is 3.40. The van der Waals surface area contributed by atoms with E-state index in [9.17, 15) is 22.4 Å². The summed E-state index contributed by atoms with van der Waals surface area (Å²) in [5.41, 5.74) is -1.89. The average molecular weight is 291 g/mol. The van der Waals surface area contributed by atoms with Gasteiger partial charge in [0.1, 0.15) is 11.3 Å². The van der Waals surface area contributed by atoms with Crippen molar-refractivity contribution in [1.29, 1.82) is 5.26 Å². The summed E-state index contributed by atoms with van der Waals surface area (Å²) in [7, 11) is 0. The minimum atomic E-state index is -3.27. The van der Waals surface area contributed by atoms with E-state index in [1.54, 1.807) is 0 Å². The van der Waals surface area contributed by atoms with Crippen molar-refractivity contribution in [3.05, 3.63) is 28.8 Å². The van der Waals surface area contributed by atoms with Gasteiger partial charge in [-0.25, -0.2) is 13.6 Å². The summed E-state index contributed by atoms with van der Waals surface area (Å²) in [5.74, 6) is -1.77. The van der Waals surface area contributed by atoms with Gasteiger partial charge in [-0.3, -0.25) is 0 Å². The molecule has 108 valence electrons. The fraction of sp³-hybridized carbons (Fsp3) is 0.333. The summed E-state index contributed by atoms with van der Waals surface area (Å²) in [6.07, 6.45) is -3.04. The number of esters is 1. The van der Waals surface area contributed by atoms with Crippen molar-refractivity contribution in [2.24, 2.45) is 0 Å². The summed E-state index contributed by atoms with van der Waals surface area (Å²) in [6.45, 7) is -1.88. The summed E-state index contributed by atoms with van der Waals surface area (Å²) in [5, 5.41) is 8.72. The molecular weight excluding hydrogens is 282 g/mol. The Morgan fingerprint density at radius 1 is 1.35 bits per heavy atom. The molecule has 0 bridgehead atoms. The summed E-state index contributed by atoms with van der Waals surface area (Å²) in [6, 6.07) is 2.72. The van der Waals surface area contributed by atoms with Gasteiger partial charge >= 0.3 is 12.6 Å². The number of alkyl halides is 4. The highest BCUT2D eigenvalue weighted by Crippen LogP contribution is 2.31. The maximum atomic E-state index is 12.7. The van der Waals surface area contributed by atoms with Gasteiger partial charge in [0.15, 0.2) is 0 Å². The number of benzene rings is 1. The van der Waals surface area contributed by atoms with Gasteiger partial charge in [-0.05, 0) is 19.1 Å². The van der Waals surface area contributed by atoms with Crippen LogP contribution in [0.2, 0.25) is 0 Å². The van der Waals surface area contributed by atoms with Crippen LogP contribution in [0.5, 0.6) is 5.75 Å². The topological polar surface area (TPSA) is 59.3 Å². The standard InChI is InChI=1S/C12H9F4NO3/c1-2-19-11(18)8-4-7(10(13)14)6(5-17)3-9(8)20-12(15)16/h3-4,10,12H,2H2,1H3. The van der Waals surface area contributed by atoms with Gasteiger partial charge in [-0.2, -0.15) is 14.0 Å². The minimum absolute atomic E-state index is 0.0725. The van der Waals surface area contributed by atoms with E-state index in [4.69, 9.17) is 5.26 Å². The number of nitriles is 1. The quantitative estimate of drug-likeness (QED) is 0.617. The molecule has 0 aliphatic carbocycles. The number of hydrogen-bond acceptors (Lipinski definition) is 4. The molecule has 0 saturated heterocycles. The Bertz CT molecular complexity index is 540.